The maximum Gasteiger partial charge on any atom is 0.251 e. The SMILES string of the molecule is Fc1ccc(/C=N/n2cc(-c3ccccc3)nc2N=Cc2ccccc2)cc1.Fc1ccc(/C=N/n2cc(-c3ccccc3)nc2N=P(c2ccccc2)(c2ccccc2)c2ccccc2)cc1.Nc1nc(-c2ccccc2)cn1/N=C/c1ccc(F)cc1. The average molecular weight is 1190 g/mol. The Bertz CT molecular complexity index is 4440. The van der Waals surface area contributed by atoms with E-state index in [1.165, 1.54) is 41.1 Å². The molecule has 0 aliphatic rings. The quantitative estimate of drug-likeness (QED) is 0.0806. The second-order valence-corrected chi connectivity index (χ2v) is 22.8. The zero-order valence-corrected chi connectivity index (χ0v) is 48.6. The fourth-order valence-corrected chi connectivity index (χ4v) is 12.6. The van der Waals surface area contributed by atoms with E-state index in [9.17, 15) is 13.2 Å². The molecule has 10 aromatic carbocycles. The van der Waals surface area contributed by atoms with Crippen LogP contribution in [0.3, 0.4) is 0 Å². The molecule has 3 heterocycles. The lowest BCUT2D eigenvalue weighted by atomic mass is 10.2. The van der Waals surface area contributed by atoms with Crippen LogP contribution in [0.5, 0.6) is 0 Å². The number of anilines is 1. The molecule has 12 nitrogen and oxygen atoms in total. The number of aromatic nitrogens is 6. The molecule has 2 N–H and O–H groups in total. The molecule has 13 aromatic rings. The van der Waals surface area contributed by atoms with Crippen LogP contribution < -0.4 is 21.6 Å². The van der Waals surface area contributed by atoms with Gasteiger partial charge in [-0.05, 0) is 58.7 Å². The highest BCUT2D eigenvalue weighted by Crippen LogP contribution is 2.49. The normalized spacial score (nSPS) is 11.4. The average Bonchev–Trinajstić information content (AvgIpc) is 2.27. The third kappa shape index (κ3) is 15.4. The summed E-state index contributed by atoms with van der Waals surface area (Å²) in [5.41, 5.74) is 14.4. The van der Waals surface area contributed by atoms with Crippen LogP contribution >= 0.6 is 7.05 Å². The predicted molar refractivity (Wildman–Crippen MR) is 357 cm³/mol. The summed E-state index contributed by atoms with van der Waals surface area (Å²) in [6, 6.07) is 89.1. The van der Waals surface area contributed by atoms with Crippen molar-refractivity contribution >= 4 is 65.7 Å². The Morgan fingerprint density at radius 2 is 0.607 bits per heavy atom. The van der Waals surface area contributed by atoms with E-state index in [4.69, 9.17) is 20.6 Å². The van der Waals surface area contributed by atoms with Gasteiger partial charge in [-0.2, -0.15) is 15.3 Å². The lowest BCUT2D eigenvalue weighted by molar-refractivity contribution is 0.627. The summed E-state index contributed by atoms with van der Waals surface area (Å²) in [5.74, 6) is 0.403. The zero-order valence-electron chi connectivity index (χ0n) is 47.8. The molecule has 0 radical (unpaired) electrons. The van der Waals surface area contributed by atoms with E-state index in [0.717, 1.165) is 71.9 Å². The number of nitrogens with zero attached hydrogens (tertiary/aromatic N) is 11. The molecule has 0 spiro atoms. The number of hydrogen-bond acceptors (Lipinski definition) is 9. The molecular weight excluding hydrogens is 1130 g/mol. The Kier molecular flexibility index (Phi) is 19.2. The summed E-state index contributed by atoms with van der Waals surface area (Å²) in [4.78, 5) is 18.4. The Labute approximate surface area is 513 Å². The molecule has 16 heteroatoms. The molecule has 434 valence electrons. The third-order valence-electron chi connectivity index (χ3n) is 13.6. The lowest BCUT2D eigenvalue weighted by Crippen LogP contribution is -2.25. The minimum Gasteiger partial charge on any atom is -0.368 e. The number of aliphatic imine (C=N–C) groups is 1. The summed E-state index contributed by atoms with van der Waals surface area (Å²) in [6.07, 6.45) is 12.2. The minimum absolute atomic E-state index is 0.277. The first kappa shape index (κ1) is 59.1. The number of imidazole rings is 3. The fourth-order valence-electron chi connectivity index (χ4n) is 9.16. The van der Waals surface area contributed by atoms with E-state index < -0.39 is 7.05 Å². The molecule has 89 heavy (non-hydrogen) atoms. The van der Waals surface area contributed by atoms with Gasteiger partial charge in [0, 0.05) is 38.8 Å². The molecular formula is C73H56F3N12P. The van der Waals surface area contributed by atoms with Crippen LogP contribution in [0.25, 0.3) is 33.8 Å². The Balaban J connectivity index is 0.000000146. The van der Waals surface area contributed by atoms with E-state index in [0.29, 0.717) is 17.8 Å². The van der Waals surface area contributed by atoms with Crippen molar-refractivity contribution in [2.75, 3.05) is 5.73 Å². The van der Waals surface area contributed by atoms with Crippen molar-refractivity contribution in [1.29, 1.82) is 0 Å². The number of nitrogen functional groups attached to an aromatic ring is 1. The van der Waals surface area contributed by atoms with Gasteiger partial charge >= 0.3 is 0 Å². The number of hydrogen-bond donors (Lipinski definition) is 1. The molecule has 0 aliphatic heterocycles. The van der Waals surface area contributed by atoms with Gasteiger partial charge in [-0.1, -0.05) is 249 Å². The topological polar surface area (TPSA) is 141 Å². The highest BCUT2D eigenvalue weighted by Gasteiger charge is 2.29. The zero-order chi connectivity index (χ0) is 61.0. The predicted octanol–water partition coefficient (Wildman–Crippen LogP) is 15.9. The smallest absolute Gasteiger partial charge is 0.251 e. The lowest BCUT2D eigenvalue weighted by Gasteiger charge is -2.26. The summed E-state index contributed by atoms with van der Waals surface area (Å²) >= 11 is 0. The van der Waals surface area contributed by atoms with Crippen LogP contribution in [0, 0.1) is 17.5 Å². The maximum atomic E-state index is 13.5. The minimum atomic E-state index is -2.56. The number of rotatable bonds is 15. The molecule has 13 rings (SSSR count). The van der Waals surface area contributed by atoms with Crippen molar-refractivity contribution in [3.63, 3.8) is 0 Å². The van der Waals surface area contributed by atoms with Crippen molar-refractivity contribution in [2.24, 2.45) is 25.0 Å². The standard InChI is InChI=1S/C34H26FN4P.C23H17FN4.C16H13FN4/c35-29-23-21-27(22-24-29)25-36-39-26-33(28-13-5-1-6-14-28)37-34(39)38-40(30-15-7-2-8-16-30,31-17-9-3-10-18-31)32-19-11-4-12-20-32;24-21-13-11-19(12-14-21)16-26-28-17-22(20-9-5-2-6-10-20)27-23(28)25-15-18-7-3-1-4-8-18;17-14-8-6-12(7-9-14)10-19-21-11-15(20-16(21)18)13-4-2-1-3-5-13/h1-26H;1-17H;1-11H,(H2,18,20)/b36-25+;25-15?,26-16+;19-10+. The fraction of sp³-hybridized carbons (Fsp3) is 0. The van der Waals surface area contributed by atoms with Crippen LogP contribution in [0.1, 0.15) is 22.3 Å². The van der Waals surface area contributed by atoms with Crippen LogP contribution in [0.2, 0.25) is 0 Å². The molecule has 0 fully saturated rings. The largest absolute Gasteiger partial charge is 0.368 e. The Hall–Kier alpha value is -11.7. The number of halogens is 3. The molecule has 0 saturated heterocycles. The molecule has 0 unspecified atom stereocenters. The number of benzene rings is 10. The van der Waals surface area contributed by atoms with Gasteiger partial charge in [0.2, 0.25) is 5.95 Å². The molecule has 0 amide bonds. The molecule has 0 atom stereocenters. The monoisotopic (exact) mass is 1190 g/mol. The summed E-state index contributed by atoms with van der Waals surface area (Å²) < 4.78 is 49.8. The first-order valence-electron chi connectivity index (χ1n) is 28.2. The van der Waals surface area contributed by atoms with Gasteiger partial charge in [0.1, 0.15) is 17.5 Å². The van der Waals surface area contributed by atoms with Crippen molar-refractivity contribution in [3.8, 4) is 33.8 Å². The molecule has 0 bridgehead atoms. The van der Waals surface area contributed by atoms with Gasteiger partial charge in [0.15, 0.2) is 0 Å². The van der Waals surface area contributed by atoms with Gasteiger partial charge < -0.3 is 5.73 Å². The van der Waals surface area contributed by atoms with Crippen molar-refractivity contribution in [1.82, 2.24) is 29.0 Å². The van der Waals surface area contributed by atoms with Gasteiger partial charge in [-0.15, -0.1) is 0 Å². The third-order valence-corrected chi connectivity index (χ3v) is 17.2. The van der Waals surface area contributed by atoms with Crippen LogP contribution in [-0.4, -0.2) is 53.8 Å². The summed E-state index contributed by atoms with van der Waals surface area (Å²) in [7, 11) is -2.56. The summed E-state index contributed by atoms with van der Waals surface area (Å²) in [6.45, 7) is 0. The Morgan fingerprint density at radius 1 is 0.315 bits per heavy atom. The second-order valence-electron chi connectivity index (χ2n) is 19.8. The van der Waals surface area contributed by atoms with Gasteiger partial charge in [0.05, 0.1) is 61.4 Å². The van der Waals surface area contributed by atoms with Crippen molar-refractivity contribution in [2.45, 2.75) is 0 Å². The Morgan fingerprint density at radius 3 is 0.989 bits per heavy atom. The van der Waals surface area contributed by atoms with Crippen LogP contribution in [0.4, 0.5) is 31.0 Å². The molecule has 0 aliphatic carbocycles. The van der Waals surface area contributed by atoms with Gasteiger partial charge in [-0.25, -0.2) is 51.9 Å². The van der Waals surface area contributed by atoms with Gasteiger partial charge in [0.25, 0.3) is 11.9 Å². The number of nitrogens with two attached hydrogens (primary N) is 1. The summed E-state index contributed by atoms with van der Waals surface area (Å²) in [5, 5.41) is 16.8. The second kappa shape index (κ2) is 28.9. The molecule has 0 saturated carbocycles. The highest BCUT2D eigenvalue weighted by molar-refractivity contribution is 7.87. The van der Waals surface area contributed by atoms with E-state index in [1.54, 1.807) is 76.8 Å². The highest BCUT2D eigenvalue weighted by atomic mass is 31.2. The van der Waals surface area contributed by atoms with E-state index in [2.05, 4.69) is 98.0 Å². The first-order valence-corrected chi connectivity index (χ1v) is 29.9. The van der Waals surface area contributed by atoms with Gasteiger partial charge in [-0.3, -0.25) is 0 Å². The van der Waals surface area contributed by atoms with Crippen molar-refractivity contribution < 1.29 is 13.2 Å². The van der Waals surface area contributed by atoms with Crippen LogP contribution in [-0.2, 0) is 0 Å². The van der Waals surface area contributed by atoms with Crippen LogP contribution in [0.15, 0.2) is 329 Å². The van der Waals surface area contributed by atoms with E-state index >= 15 is 0 Å². The van der Waals surface area contributed by atoms with E-state index in [1.807, 2.05) is 152 Å². The maximum absolute atomic E-state index is 13.5. The first-order chi connectivity index (χ1) is 43.7. The molecule has 3 aromatic heterocycles. The van der Waals surface area contributed by atoms with E-state index in [-0.39, 0.29) is 17.5 Å². The van der Waals surface area contributed by atoms with Crippen molar-refractivity contribution in [3.05, 3.63) is 343 Å².